The lowest BCUT2D eigenvalue weighted by atomic mass is 10.1. The van der Waals surface area contributed by atoms with E-state index in [1.165, 1.54) is 0 Å². The minimum atomic E-state index is -0.330. The lowest BCUT2D eigenvalue weighted by Crippen LogP contribution is -2.46. The quantitative estimate of drug-likeness (QED) is 0.608. The Bertz CT molecular complexity index is 907. The zero-order chi connectivity index (χ0) is 23.0. The SMILES string of the molecule is C[C@H](NC(=O)c1ccccc1NC(=O)CN(C)CC(=O)NC(C)(C)C)c1ccccc1. The summed E-state index contributed by atoms with van der Waals surface area (Å²) in [5.41, 5.74) is 1.47. The smallest absolute Gasteiger partial charge is 0.253 e. The summed E-state index contributed by atoms with van der Waals surface area (Å²) in [6.07, 6.45) is 0. The van der Waals surface area contributed by atoms with Crippen LogP contribution in [0.3, 0.4) is 0 Å². The van der Waals surface area contributed by atoms with Crippen LogP contribution in [0.25, 0.3) is 0 Å². The molecule has 0 radical (unpaired) electrons. The third kappa shape index (κ3) is 8.22. The number of para-hydroxylation sites is 1. The van der Waals surface area contributed by atoms with Crippen molar-refractivity contribution in [3.8, 4) is 0 Å². The Morgan fingerprint density at radius 1 is 0.903 bits per heavy atom. The van der Waals surface area contributed by atoms with Crippen molar-refractivity contribution in [1.82, 2.24) is 15.5 Å². The second kappa shape index (κ2) is 10.7. The van der Waals surface area contributed by atoms with Gasteiger partial charge in [0.05, 0.1) is 30.4 Å². The van der Waals surface area contributed by atoms with Crippen molar-refractivity contribution in [2.24, 2.45) is 0 Å². The van der Waals surface area contributed by atoms with Gasteiger partial charge in [-0.1, -0.05) is 42.5 Å². The molecule has 2 aromatic carbocycles. The first kappa shape index (κ1) is 24.1. The van der Waals surface area contributed by atoms with Crippen LogP contribution in [0.4, 0.5) is 5.69 Å². The first-order valence-electron chi connectivity index (χ1n) is 10.3. The van der Waals surface area contributed by atoms with Crippen LogP contribution in [0.5, 0.6) is 0 Å². The van der Waals surface area contributed by atoms with E-state index >= 15 is 0 Å². The van der Waals surface area contributed by atoms with E-state index in [9.17, 15) is 14.4 Å². The van der Waals surface area contributed by atoms with Crippen LogP contribution in [0.2, 0.25) is 0 Å². The number of carbonyl (C=O) groups excluding carboxylic acids is 3. The summed E-state index contributed by atoms with van der Waals surface area (Å²) in [5.74, 6) is -0.731. The van der Waals surface area contributed by atoms with Crippen LogP contribution in [0.1, 0.15) is 49.7 Å². The van der Waals surface area contributed by atoms with E-state index in [0.717, 1.165) is 5.56 Å². The summed E-state index contributed by atoms with van der Waals surface area (Å²) >= 11 is 0. The van der Waals surface area contributed by atoms with Crippen LogP contribution in [0, 0.1) is 0 Å². The molecule has 166 valence electrons. The number of carbonyl (C=O) groups is 3. The number of nitrogens with one attached hydrogen (secondary N) is 3. The molecule has 0 unspecified atom stereocenters. The first-order valence-corrected chi connectivity index (χ1v) is 10.3. The van der Waals surface area contributed by atoms with Crippen molar-refractivity contribution in [2.75, 3.05) is 25.5 Å². The summed E-state index contributed by atoms with van der Waals surface area (Å²) in [6.45, 7) is 7.73. The largest absolute Gasteiger partial charge is 0.350 e. The number of rotatable bonds is 8. The van der Waals surface area contributed by atoms with E-state index in [4.69, 9.17) is 0 Å². The highest BCUT2D eigenvalue weighted by atomic mass is 16.2. The molecule has 7 nitrogen and oxygen atoms in total. The average Bonchev–Trinajstić information content (AvgIpc) is 2.67. The molecule has 3 amide bonds. The van der Waals surface area contributed by atoms with Gasteiger partial charge in [-0.05, 0) is 52.4 Å². The minimum Gasteiger partial charge on any atom is -0.350 e. The monoisotopic (exact) mass is 424 g/mol. The maximum absolute atomic E-state index is 12.8. The first-order chi connectivity index (χ1) is 14.5. The summed E-state index contributed by atoms with van der Waals surface area (Å²) in [7, 11) is 1.70. The molecule has 1 atom stereocenters. The van der Waals surface area contributed by atoms with Gasteiger partial charge in [-0.25, -0.2) is 0 Å². The Labute approximate surface area is 184 Å². The summed E-state index contributed by atoms with van der Waals surface area (Å²) in [4.78, 5) is 39.0. The fourth-order valence-corrected chi connectivity index (χ4v) is 3.08. The van der Waals surface area contributed by atoms with Gasteiger partial charge < -0.3 is 16.0 Å². The van der Waals surface area contributed by atoms with Gasteiger partial charge in [0, 0.05) is 5.54 Å². The predicted octanol–water partition coefficient (Wildman–Crippen LogP) is 2.96. The molecule has 0 heterocycles. The number of hydrogen-bond acceptors (Lipinski definition) is 4. The van der Waals surface area contributed by atoms with E-state index in [-0.39, 0.29) is 42.4 Å². The van der Waals surface area contributed by atoms with Crippen molar-refractivity contribution in [1.29, 1.82) is 0 Å². The van der Waals surface area contributed by atoms with E-state index in [0.29, 0.717) is 11.3 Å². The molecule has 0 spiro atoms. The summed E-state index contributed by atoms with van der Waals surface area (Å²) < 4.78 is 0. The summed E-state index contributed by atoms with van der Waals surface area (Å²) in [6, 6.07) is 16.4. The van der Waals surface area contributed by atoms with Crippen LogP contribution in [0.15, 0.2) is 54.6 Å². The molecular weight excluding hydrogens is 392 g/mol. The molecule has 0 aliphatic heterocycles. The van der Waals surface area contributed by atoms with Crippen molar-refractivity contribution < 1.29 is 14.4 Å². The number of hydrogen-bond donors (Lipinski definition) is 3. The van der Waals surface area contributed by atoms with Gasteiger partial charge in [0.25, 0.3) is 5.91 Å². The van der Waals surface area contributed by atoms with Crippen molar-refractivity contribution in [3.63, 3.8) is 0 Å². The lowest BCUT2D eigenvalue weighted by molar-refractivity contribution is -0.124. The van der Waals surface area contributed by atoms with Gasteiger partial charge in [-0.3, -0.25) is 19.3 Å². The number of benzene rings is 2. The third-order valence-corrected chi connectivity index (χ3v) is 4.43. The number of anilines is 1. The van der Waals surface area contributed by atoms with Gasteiger partial charge in [-0.15, -0.1) is 0 Å². The lowest BCUT2D eigenvalue weighted by Gasteiger charge is -2.23. The second-order valence-electron chi connectivity index (χ2n) is 8.67. The van der Waals surface area contributed by atoms with E-state index in [1.54, 1.807) is 36.2 Å². The molecule has 0 aromatic heterocycles. The Balaban J connectivity index is 1.97. The maximum atomic E-state index is 12.8. The molecule has 0 aliphatic rings. The fourth-order valence-electron chi connectivity index (χ4n) is 3.08. The average molecular weight is 425 g/mol. The zero-order valence-electron chi connectivity index (χ0n) is 18.9. The number of likely N-dealkylation sites (N-methyl/N-ethyl adjacent to an activating group) is 1. The van der Waals surface area contributed by atoms with E-state index in [1.807, 2.05) is 58.0 Å². The molecule has 31 heavy (non-hydrogen) atoms. The topological polar surface area (TPSA) is 90.5 Å². The Hall–Kier alpha value is -3.19. The molecule has 2 rings (SSSR count). The molecule has 0 fully saturated rings. The number of nitrogens with zero attached hydrogens (tertiary/aromatic N) is 1. The highest BCUT2D eigenvalue weighted by Gasteiger charge is 2.18. The van der Waals surface area contributed by atoms with E-state index in [2.05, 4.69) is 16.0 Å². The molecule has 0 saturated heterocycles. The van der Waals surface area contributed by atoms with Crippen LogP contribution in [-0.2, 0) is 9.59 Å². The summed E-state index contributed by atoms with van der Waals surface area (Å²) in [5, 5.41) is 8.61. The molecule has 0 saturated carbocycles. The molecule has 2 aromatic rings. The van der Waals surface area contributed by atoms with Crippen molar-refractivity contribution >= 4 is 23.4 Å². The molecule has 7 heteroatoms. The Morgan fingerprint density at radius 2 is 1.48 bits per heavy atom. The normalized spacial score (nSPS) is 12.2. The van der Waals surface area contributed by atoms with Gasteiger partial charge >= 0.3 is 0 Å². The molecule has 0 aliphatic carbocycles. The maximum Gasteiger partial charge on any atom is 0.253 e. The Kier molecular flexibility index (Phi) is 8.33. The minimum absolute atomic E-state index is 0.0218. The highest BCUT2D eigenvalue weighted by molar-refractivity contribution is 6.04. The molecule has 0 bridgehead atoms. The molecule has 3 N–H and O–H groups in total. The Morgan fingerprint density at radius 3 is 2.13 bits per heavy atom. The van der Waals surface area contributed by atoms with Crippen molar-refractivity contribution in [2.45, 2.75) is 39.3 Å². The van der Waals surface area contributed by atoms with E-state index < -0.39 is 0 Å². The number of amides is 3. The van der Waals surface area contributed by atoms with Crippen LogP contribution in [-0.4, -0.2) is 48.3 Å². The van der Waals surface area contributed by atoms with Crippen LogP contribution < -0.4 is 16.0 Å². The third-order valence-electron chi connectivity index (χ3n) is 4.43. The molecular formula is C24H32N4O3. The van der Waals surface area contributed by atoms with Gasteiger partial charge in [-0.2, -0.15) is 0 Å². The van der Waals surface area contributed by atoms with Gasteiger partial charge in [0.15, 0.2) is 0 Å². The van der Waals surface area contributed by atoms with Crippen LogP contribution >= 0.6 is 0 Å². The van der Waals surface area contributed by atoms with Gasteiger partial charge in [0.1, 0.15) is 0 Å². The van der Waals surface area contributed by atoms with Gasteiger partial charge in [0.2, 0.25) is 11.8 Å². The van der Waals surface area contributed by atoms with Crippen molar-refractivity contribution in [3.05, 3.63) is 65.7 Å². The second-order valence-corrected chi connectivity index (χ2v) is 8.67. The highest BCUT2D eigenvalue weighted by Crippen LogP contribution is 2.18. The fraction of sp³-hybridized carbons (Fsp3) is 0.375. The standard InChI is InChI=1S/C24H32N4O3/c1-17(18-11-7-6-8-12-18)25-23(31)19-13-9-10-14-20(19)26-21(29)15-28(5)16-22(30)27-24(2,3)4/h6-14,17H,15-16H2,1-5H3,(H,25,31)(H,26,29)(H,27,30)/t17-/m0/s1. The predicted molar refractivity (Wildman–Crippen MR) is 123 cm³/mol. The zero-order valence-corrected chi connectivity index (χ0v) is 18.9.